The second kappa shape index (κ2) is 7.31. The van der Waals surface area contributed by atoms with Crippen molar-refractivity contribution in [1.29, 1.82) is 0 Å². The lowest BCUT2D eigenvalue weighted by molar-refractivity contribution is 0.694. The van der Waals surface area contributed by atoms with Gasteiger partial charge >= 0.3 is 0 Å². The summed E-state index contributed by atoms with van der Waals surface area (Å²) in [6, 6.07) is 20.1. The van der Waals surface area contributed by atoms with Crippen LogP contribution >= 0.6 is 0 Å². The summed E-state index contributed by atoms with van der Waals surface area (Å²) >= 11 is 0. The smallest absolute Gasteiger partial charge is 0.210 e. The number of hydrogen-bond acceptors (Lipinski definition) is 2. The molecule has 4 heteroatoms. The first-order valence-electron chi connectivity index (χ1n) is 6.75. The summed E-state index contributed by atoms with van der Waals surface area (Å²) in [5, 5.41) is 3.18. The van der Waals surface area contributed by atoms with E-state index in [0.29, 0.717) is 5.96 Å². The molecule has 0 amide bonds. The number of anilines is 1. The van der Waals surface area contributed by atoms with E-state index in [1.54, 1.807) is 0 Å². The highest BCUT2D eigenvalue weighted by atomic mass is 15.3. The van der Waals surface area contributed by atoms with Gasteiger partial charge in [-0.15, -0.1) is 0 Å². The molecule has 0 aliphatic rings. The predicted molar refractivity (Wildman–Crippen MR) is 84.3 cm³/mol. The number of hydrazine groups is 1. The van der Waals surface area contributed by atoms with Gasteiger partial charge in [-0.1, -0.05) is 55.5 Å². The van der Waals surface area contributed by atoms with Gasteiger partial charge in [0.05, 0.1) is 6.04 Å². The lowest BCUT2D eigenvalue weighted by Crippen LogP contribution is -2.36. The number of nitrogens with one attached hydrogen (secondary N) is 2. The van der Waals surface area contributed by atoms with Gasteiger partial charge in [-0.05, 0) is 24.1 Å². The van der Waals surface area contributed by atoms with Crippen LogP contribution in [0.1, 0.15) is 24.9 Å². The quantitative estimate of drug-likeness (QED) is 0.345. The fourth-order valence-corrected chi connectivity index (χ4v) is 2.00. The largest absolute Gasteiger partial charge is 0.325 e. The van der Waals surface area contributed by atoms with Crippen molar-refractivity contribution in [3.63, 3.8) is 0 Å². The second-order valence-electron chi connectivity index (χ2n) is 4.45. The van der Waals surface area contributed by atoms with Crippen molar-refractivity contribution in [2.45, 2.75) is 19.4 Å². The number of para-hydroxylation sites is 1. The first-order valence-corrected chi connectivity index (χ1v) is 6.75. The number of hydrogen-bond donors (Lipinski definition) is 3. The molecular weight excluding hydrogens is 248 g/mol. The molecule has 0 aliphatic carbocycles. The highest BCUT2D eigenvalue weighted by Crippen LogP contribution is 2.20. The standard InChI is InChI=1S/C16H20N4/c1-2-15(13-9-5-3-6-10-13)19-16(20-17)18-14-11-7-4-8-12-14/h3-12,15H,2,17H2,1H3,(H2,18,19,20). The van der Waals surface area contributed by atoms with Crippen LogP contribution in [0.4, 0.5) is 5.69 Å². The zero-order valence-corrected chi connectivity index (χ0v) is 11.6. The van der Waals surface area contributed by atoms with Crippen molar-refractivity contribution in [2.75, 3.05) is 5.32 Å². The van der Waals surface area contributed by atoms with Gasteiger partial charge in [0.2, 0.25) is 5.96 Å². The lowest BCUT2D eigenvalue weighted by Gasteiger charge is -2.15. The average Bonchev–Trinajstić information content (AvgIpc) is 2.53. The van der Waals surface area contributed by atoms with E-state index in [0.717, 1.165) is 12.1 Å². The van der Waals surface area contributed by atoms with E-state index >= 15 is 0 Å². The number of nitrogens with zero attached hydrogens (tertiary/aromatic N) is 1. The molecule has 2 aromatic carbocycles. The summed E-state index contributed by atoms with van der Waals surface area (Å²) < 4.78 is 0. The number of guanidine groups is 1. The first kappa shape index (κ1) is 14.1. The third-order valence-corrected chi connectivity index (χ3v) is 3.03. The van der Waals surface area contributed by atoms with Crippen LogP contribution in [0.5, 0.6) is 0 Å². The molecule has 0 fully saturated rings. The van der Waals surface area contributed by atoms with Crippen molar-refractivity contribution in [3.05, 3.63) is 66.2 Å². The fourth-order valence-electron chi connectivity index (χ4n) is 2.00. The van der Waals surface area contributed by atoms with Crippen LogP contribution in [-0.4, -0.2) is 5.96 Å². The number of aliphatic imine (C=N–C) groups is 1. The molecule has 4 nitrogen and oxygen atoms in total. The Morgan fingerprint density at radius 3 is 2.20 bits per heavy atom. The van der Waals surface area contributed by atoms with Crippen LogP contribution < -0.4 is 16.6 Å². The van der Waals surface area contributed by atoms with Gasteiger partial charge in [-0.25, -0.2) is 10.8 Å². The van der Waals surface area contributed by atoms with Crippen molar-refractivity contribution in [2.24, 2.45) is 10.8 Å². The van der Waals surface area contributed by atoms with Crippen molar-refractivity contribution < 1.29 is 0 Å². The first-order chi connectivity index (χ1) is 9.83. The van der Waals surface area contributed by atoms with Crippen LogP contribution in [0.3, 0.4) is 0 Å². The van der Waals surface area contributed by atoms with Crippen molar-refractivity contribution in [1.82, 2.24) is 5.43 Å². The minimum Gasteiger partial charge on any atom is -0.325 e. The monoisotopic (exact) mass is 268 g/mol. The van der Waals surface area contributed by atoms with Crippen molar-refractivity contribution in [3.8, 4) is 0 Å². The Hall–Kier alpha value is -2.33. The predicted octanol–water partition coefficient (Wildman–Crippen LogP) is 3.07. The third kappa shape index (κ3) is 3.83. The molecule has 0 aromatic heterocycles. The average molecular weight is 268 g/mol. The Kier molecular flexibility index (Phi) is 5.15. The molecule has 1 unspecified atom stereocenters. The van der Waals surface area contributed by atoms with Gasteiger partial charge in [-0.3, -0.25) is 5.43 Å². The molecule has 0 saturated carbocycles. The van der Waals surface area contributed by atoms with E-state index in [4.69, 9.17) is 5.84 Å². The van der Waals surface area contributed by atoms with Gasteiger partial charge < -0.3 is 5.32 Å². The molecule has 0 saturated heterocycles. The maximum absolute atomic E-state index is 5.56. The highest BCUT2D eigenvalue weighted by molar-refractivity contribution is 5.93. The lowest BCUT2D eigenvalue weighted by atomic mass is 10.1. The van der Waals surface area contributed by atoms with Crippen LogP contribution in [-0.2, 0) is 0 Å². The maximum Gasteiger partial charge on any atom is 0.210 e. The number of benzene rings is 2. The van der Waals surface area contributed by atoms with E-state index in [-0.39, 0.29) is 6.04 Å². The van der Waals surface area contributed by atoms with Gasteiger partial charge in [0.25, 0.3) is 0 Å². The van der Waals surface area contributed by atoms with Crippen LogP contribution in [0.15, 0.2) is 65.7 Å². The zero-order valence-electron chi connectivity index (χ0n) is 11.6. The van der Waals surface area contributed by atoms with Crippen LogP contribution in [0.25, 0.3) is 0 Å². The summed E-state index contributed by atoms with van der Waals surface area (Å²) in [6.07, 6.45) is 0.908. The molecule has 2 rings (SSSR count). The Morgan fingerprint density at radius 1 is 1.05 bits per heavy atom. The molecule has 2 aromatic rings. The molecule has 1 atom stereocenters. The molecule has 0 bridgehead atoms. The Balaban J connectivity index is 2.16. The SMILES string of the molecule is CCC(N=C(NN)Nc1ccccc1)c1ccccc1. The van der Waals surface area contributed by atoms with Gasteiger partial charge in [0.15, 0.2) is 0 Å². The Bertz CT molecular complexity index is 537. The van der Waals surface area contributed by atoms with Crippen LogP contribution in [0.2, 0.25) is 0 Å². The van der Waals surface area contributed by atoms with Crippen molar-refractivity contribution >= 4 is 11.6 Å². The molecule has 104 valence electrons. The van der Waals surface area contributed by atoms with E-state index in [1.165, 1.54) is 5.56 Å². The molecule has 4 N–H and O–H groups in total. The van der Waals surface area contributed by atoms with E-state index in [9.17, 15) is 0 Å². The Morgan fingerprint density at radius 2 is 1.65 bits per heavy atom. The number of nitrogens with two attached hydrogens (primary N) is 1. The fraction of sp³-hybridized carbons (Fsp3) is 0.188. The second-order valence-corrected chi connectivity index (χ2v) is 4.45. The minimum absolute atomic E-state index is 0.0819. The summed E-state index contributed by atoms with van der Waals surface area (Å²) in [6.45, 7) is 2.11. The normalized spacial score (nSPS) is 12.8. The number of rotatable bonds is 4. The topological polar surface area (TPSA) is 62.4 Å². The van der Waals surface area contributed by atoms with Gasteiger partial charge in [0.1, 0.15) is 0 Å². The highest BCUT2D eigenvalue weighted by Gasteiger charge is 2.08. The molecule has 0 aliphatic heterocycles. The summed E-state index contributed by atoms with van der Waals surface area (Å²) in [5.41, 5.74) is 4.75. The Labute approximate surface area is 119 Å². The minimum atomic E-state index is 0.0819. The van der Waals surface area contributed by atoms with E-state index in [1.807, 2.05) is 48.5 Å². The van der Waals surface area contributed by atoms with Crippen LogP contribution in [0, 0.1) is 0 Å². The summed E-state index contributed by atoms with van der Waals surface area (Å²) in [4.78, 5) is 4.65. The molecular formula is C16H20N4. The zero-order chi connectivity index (χ0) is 14.2. The summed E-state index contributed by atoms with van der Waals surface area (Å²) in [5.74, 6) is 6.12. The van der Waals surface area contributed by atoms with Gasteiger partial charge in [-0.2, -0.15) is 0 Å². The molecule has 0 radical (unpaired) electrons. The molecule has 0 heterocycles. The van der Waals surface area contributed by atoms with E-state index in [2.05, 4.69) is 34.8 Å². The summed E-state index contributed by atoms with van der Waals surface area (Å²) in [7, 11) is 0. The van der Waals surface area contributed by atoms with E-state index < -0.39 is 0 Å². The molecule has 20 heavy (non-hydrogen) atoms. The molecule has 0 spiro atoms. The third-order valence-electron chi connectivity index (χ3n) is 3.03. The maximum atomic E-state index is 5.56. The van der Waals surface area contributed by atoms with Gasteiger partial charge in [0, 0.05) is 5.69 Å².